The molecule has 0 radical (unpaired) electrons. The average molecular weight is 189 g/mol. The maximum absolute atomic E-state index is 8.93. The number of aromatic nitrogens is 2. The molecular weight excluding hydrogens is 178 g/mol. The van der Waals surface area contributed by atoms with Gasteiger partial charge in [-0.15, -0.1) is 0 Å². The SMILES string of the molecule is N#Cc1nn(C2CC2)c2c1COCC2. The number of nitrogens with zero attached hydrogens (tertiary/aromatic N) is 3. The van der Waals surface area contributed by atoms with Crippen LogP contribution in [0.4, 0.5) is 0 Å². The third-order valence-corrected chi connectivity index (χ3v) is 2.85. The highest BCUT2D eigenvalue weighted by Crippen LogP contribution is 2.37. The van der Waals surface area contributed by atoms with Gasteiger partial charge in [0.15, 0.2) is 5.69 Å². The van der Waals surface area contributed by atoms with Gasteiger partial charge in [0.2, 0.25) is 0 Å². The molecule has 2 heterocycles. The summed E-state index contributed by atoms with van der Waals surface area (Å²) in [6.07, 6.45) is 3.32. The Hall–Kier alpha value is -1.34. The number of ether oxygens (including phenoxy) is 1. The average Bonchev–Trinajstić information content (AvgIpc) is 3.00. The van der Waals surface area contributed by atoms with Crippen molar-refractivity contribution in [3.05, 3.63) is 17.0 Å². The Bertz CT molecular complexity index is 412. The second-order valence-corrected chi connectivity index (χ2v) is 3.86. The fraction of sp³-hybridized carbons (Fsp3) is 0.600. The van der Waals surface area contributed by atoms with E-state index < -0.39 is 0 Å². The van der Waals surface area contributed by atoms with Gasteiger partial charge in [-0.2, -0.15) is 10.4 Å². The fourth-order valence-electron chi connectivity index (χ4n) is 1.97. The van der Waals surface area contributed by atoms with Crippen LogP contribution in [0.25, 0.3) is 0 Å². The Balaban J connectivity index is 2.12. The van der Waals surface area contributed by atoms with E-state index in [9.17, 15) is 0 Å². The summed E-state index contributed by atoms with van der Waals surface area (Å²) in [6.45, 7) is 1.32. The Labute approximate surface area is 82.1 Å². The summed E-state index contributed by atoms with van der Waals surface area (Å²) in [6, 6.07) is 2.71. The van der Waals surface area contributed by atoms with E-state index in [2.05, 4.69) is 15.8 Å². The summed E-state index contributed by atoms with van der Waals surface area (Å²) in [5, 5.41) is 13.3. The molecule has 0 amide bonds. The van der Waals surface area contributed by atoms with Crippen LogP contribution >= 0.6 is 0 Å². The quantitative estimate of drug-likeness (QED) is 0.666. The second kappa shape index (κ2) is 2.82. The highest BCUT2D eigenvalue weighted by Gasteiger charge is 2.30. The molecule has 4 heteroatoms. The molecule has 4 nitrogen and oxygen atoms in total. The van der Waals surface area contributed by atoms with Crippen molar-refractivity contribution in [1.29, 1.82) is 5.26 Å². The highest BCUT2D eigenvalue weighted by atomic mass is 16.5. The molecule has 1 saturated carbocycles. The standard InChI is InChI=1S/C10H11N3O/c11-5-9-8-6-14-4-3-10(8)13(12-9)7-1-2-7/h7H,1-4,6H2. The monoisotopic (exact) mass is 189 g/mol. The number of hydrogen-bond acceptors (Lipinski definition) is 3. The first-order valence-corrected chi connectivity index (χ1v) is 4.98. The molecule has 0 saturated heterocycles. The zero-order valence-corrected chi connectivity index (χ0v) is 7.86. The summed E-state index contributed by atoms with van der Waals surface area (Å²) >= 11 is 0. The molecule has 1 aromatic heterocycles. The summed E-state index contributed by atoms with van der Waals surface area (Å²) in [5.41, 5.74) is 2.81. The lowest BCUT2D eigenvalue weighted by Gasteiger charge is -2.13. The van der Waals surface area contributed by atoms with Crippen molar-refractivity contribution in [2.24, 2.45) is 0 Å². The van der Waals surface area contributed by atoms with Crippen LogP contribution in [0.2, 0.25) is 0 Å². The summed E-state index contributed by atoms with van der Waals surface area (Å²) in [7, 11) is 0. The normalized spacial score (nSPS) is 20.2. The van der Waals surface area contributed by atoms with Crippen LogP contribution in [0.5, 0.6) is 0 Å². The number of rotatable bonds is 1. The van der Waals surface area contributed by atoms with E-state index in [-0.39, 0.29) is 0 Å². The summed E-state index contributed by atoms with van der Waals surface area (Å²) in [5.74, 6) is 0. The number of hydrogen-bond donors (Lipinski definition) is 0. The topological polar surface area (TPSA) is 50.8 Å². The van der Waals surface area contributed by atoms with Crippen molar-refractivity contribution in [3.63, 3.8) is 0 Å². The van der Waals surface area contributed by atoms with Crippen molar-refractivity contribution < 1.29 is 4.74 Å². The van der Waals surface area contributed by atoms with Gasteiger partial charge in [-0.05, 0) is 12.8 Å². The van der Waals surface area contributed by atoms with Crippen LogP contribution in [0.3, 0.4) is 0 Å². The van der Waals surface area contributed by atoms with Gasteiger partial charge in [0.25, 0.3) is 0 Å². The molecule has 72 valence electrons. The first kappa shape index (κ1) is 8.01. The lowest BCUT2D eigenvalue weighted by molar-refractivity contribution is 0.108. The van der Waals surface area contributed by atoms with Gasteiger partial charge < -0.3 is 4.74 Å². The Morgan fingerprint density at radius 1 is 1.50 bits per heavy atom. The lowest BCUT2D eigenvalue weighted by atomic mass is 10.1. The number of nitriles is 1. The molecule has 1 aliphatic heterocycles. The van der Waals surface area contributed by atoms with Crippen LogP contribution < -0.4 is 0 Å². The van der Waals surface area contributed by atoms with Gasteiger partial charge in [0.05, 0.1) is 19.3 Å². The maximum Gasteiger partial charge on any atom is 0.168 e. The molecule has 2 aliphatic rings. The van der Waals surface area contributed by atoms with Crippen molar-refractivity contribution in [1.82, 2.24) is 9.78 Å². The molecule has 0 aromatic carbocycles. The molecule has 14 heavy (non-hydrogen) atoms. The molecule has 0 atom stereocenters. The van der Waals surface area contributed by atoms with E-state index in [4.69, 9.17) is 10.00 Å². The predicted octanol–water partition coefficient (Wildman–Crippen LogP) is 1.16. The molecule has 0 bridgehead atoms. The Morgan fingerprint density at radius 3 is 3.07 bits per heavy atom. The molecule has 0 N–H and O–H groups in total. The van der Waals surface area contributed by atoms with Gasteiger partial charge in [0.1, 0.15) is 6.07 Å². The number of fused-ring (bicyclic) bond motifs is 1. The van der Waals surface area contributed by atoms with E-state index >= 15 is 0 Å². The van der Waals surface area contributed by atoms with Crippen molar-refractivity contribution in [3.8, 4) is 6.07 Å². The lowest BCUT2D eigenvalue weighted by Crippen LogP contribution is -2.13. The van der Waals surface area contributed by atoms with Gasteiger partial charge in [-0.3, -0.25) is 4.68 Å². The fourth-order valence-corrected chi connectivity index (χ4v) is 1.97. The molecule has 1 aromatic rings. The van der Waals surface area contributed by atoms with Crippen LogP contribution in [0.15, 0.2) is 0 Å². The van der Waals surface area contributed by atoms with Gasteiger partial charge >= 0.3 is 0 Å². The summed E-state index contributed by atoms with van der Waals surface area (Å²) < 4.78 is 7.40. The van der Waals surface area contributed by atoms with Crippen LogP contribution in [-0.2, 0) is 17.8 Å². The van der Waals surface area contributed by atoms with Crippen LogP contribution in [0, 0.1) is 11.3 Å². The van der Waals surface area contributed by atoms with Gasteiger partial charge in [-0.1, -0.05) is 0 Å². The van der Waals surface area contributed by atoms with E-state index in [0.29, 0.717) is 18.3 Å². The van der Waals surface area contributed by atoms with E-state index in [1.54, 1.807) is 0 Å². The highest BCUT2D eigenvalue weighted by molar-refractivity contribution is 5.36. The van der Waals surface area contributed by atoms with Crippen molar-refractivity contribution in [2.75, 3.05) is 6.61 Å². The van der Waals surface area contributed by atoms with Crippen molar-refractivity contribution in [2.45, 2.75) is 31.9 Å². The van der Waals surface area contributed by atoms with Gasteiger partial charge in [0, 0.05) is 17.7 Å². The Kier molecular flexibility index (Phi) is 1.62. The van der Waals surface area contributed by atoms with Gasteiger partial charge in [-0.25, -0.2) is 0 Å². The zero-order chi connectivity index (χ0) is 9.54. The molecule has 0 spiro atoms. The smallest absolute Gasteiger partial charge is 0.168 e. The zero-order valence-electron chi connectivity index (χ0n) is 7.86. The third kappa shape index (κ3) is 1.06. The Morgan fingerprint density at radius 2 is 2.36 bits per heavy atom. The molecular formula is C10H11N3O. The minimum atomic E-state index is 0.559. The molecule has 1 fully saturated rings. The minimum absolute atomic E-state index is 0.559. The van der Waals surface area contributed by atoms with Crippen LogP contribution in [-0.4, -0.2) is 16.4 Å². The molecule has 1 aliphatic carbocycles. The minimum Gasteiger partial charge on any atom is -0.376 e. The first-order valence-electron chi connectivity index (χ1n) is 4.98. The van der Waals surface area contributed by atoms with Crippen molar-refractivity contribution >= 4 is 0 Å². The van der Waals surface area contributed by atoms with E-state index in [1.807, 2.05) is 0 Å². The first-order chi connectivity index (χ1) is 6.90. The van der Waals surface area contributed by atoms with E-state index in [0.717, 1.165) is 18.6 Å². The maximum atomic E-state index is 8.93. The van der Waals surface area contributed by atoms with E-state index in [1.165, 1.54) is 18.5 Å². The largest absolute Gasteiger partial charge is 0.376 e. The molecule has 0 unspecified atom stereocenters. The summed E-state index contributed by atoms with van der Waals surface area (Å²) in [4.78, 5) is 0. The predicted molar refractivity (Wildman–Crippen MR) is 48.6 cm³/mol. The third-order valence-electron chi connectivity index (χ3n) is 2.85. The van der Waals surface area contributed by atoms with Crippen LogP contribution in [0.1, 0.15) is 35.8 Å². The second-order valence-electron chi connectivity index (χ2n) is 3.86. The molecule has 3 rings (SSSR count).